The quantitative estimate of drug-likeness (QED) is 0.883. The number of nitrogens with zero attached hydrogens (tertiary/aromatic N) is 1. The van der Waals surface area contributed by atoms with Crippen LogP contribution in [0.15, 0.2) is 30.5 Å². The average molecular weight is 309 g/mol. The predicted octanol–water partition coefficient (Wildman–Crippen LogP) is 3.19. The van der Waals surface area contributed by atoms with E-state index in [1.54, 1.807) is 12.1 Å². The molecule has 21 heavy (non-hydrogen) atoms. The minimum absolute atomic E-state index is 0.131. The van der Waals surface area contributed by atoms with Crippen LogP contribution in [-0.2, 0) is 0 Å². The molecule has 1 aromatic carbocycles. The summed E-state index contributed by atoms with van der Waals surface area (Å²) in [5.41, 5.74) is 0.685. The highest BCUT2D eigenvalue weighted by atomic mass is 35.5. The Labute approximate surface area is 126 Å². The number of hydrogen-bond donors (Lipinski definition) is 2. The molecule has 0 fully saturated rings. The molecular formula is C14H13ClN2O4. The molecule has 0 spiro atoms. The zero-order chi connectivity index (χ0) is 15.4. The van der Waals surface area contributed by atoms with Gasteiger partial charge in [-0.2, -0.15) is 0 Å². The Morgan fingerprint density at radius 3 is 2.57 bits per heavy atom. The van der Waals surface area contributed by atoms with Crippen LogP contribution in [0.1, 0.15) is 10.4 Å². The van der Waals surface area contributed by atoms with Gasteiger partial charge in [-0.15, -0.1) is 0 Å². The zero-order valence-corrected chi connectivity index (χ0v) is 12.1. The molecule has 0 aliphatic rings. The summed E-state index contributed by atoms with van der Waals surface area (Å²) in [6, 6.07) is 6.08. The molecule has 0 saturated carbocycles. The number of carbonyl (C=O) groups is 1. The Balaban J connectivity index is 2.37. The molecule has 0 unspecified atom stereocenters. The lowest BCUT2D eigenvalue weighted by atomic mass is 10.2. The molecule has 0 amide bonds. The molecule has 6 nitrogen and oxygen atoms in total. The van der Waals surface area contributed by atoms with Crippen molar-refractivity contribution in [3.8, 4) is 11.5 Å². The lowest BCUT2D eigenvalue weighted by Crippen LogP contribution is -2.01. The molecular weight excluding hydrogens is 296 g/mol. The molecule has 2 N–H and O–H groups in total. The summed E-state index contributed by atoms with van der Waals surface area (Å²) in [6.45, 7) is 0. The van der Waals surface area contributed by atoms with E-state index in [1.165, 1.54) is 32.5 Å². The van der Waals surface area contributed by atoms with Gasteiger partial charge in [0.05, 0.1) is 30.5 Å². The topological polar surface area (TPSA) is 80.7 Å². The lowest BCUT2D eigenvalue weighted by molar-refractivity contribution is 0.0697. The molecule has 0 saturated heterocycles. The third kappa shape index (κ3) is 3.35. The average Bonchev–Trinajstić information content (AvgIpc) is 2.48. The number of carboxylic acid groups (broad SMARTS) is 1. The van der Waals surface area contributed by atoms with Crippen LogP contribution in [0.25, 0.3) is 0 Å². The van der Waals surface area contributed by atoms with Crippen LogP contribution in [0.2, 0.25) is 5.02 Å². The Morgan fingerprint density at radius 1 is 1.24 bits per heavy atom. The maximum absolute atomic E-state index is 10.9. The minimum atomic E-state index is -1.03. The van der Waals surface area contributed by atoms with Crippen molar-refractivity contribution < 1.29 is 19.4 Å². The van der Waals surface area contributed by atoms with Gasteiger partial charge in [0, 0.05) is 12.3 Å². The normalized spacial score (nSPS) is 10.0. The summed E-state index contributed by atoms with van der Waals surface area (Å²) in [6.07, 6.45) is 1.41. The van der Waals surface area contributed by atoms with Gasteiger partial charge in [0.25, 0.3) is 0 Å². The molecule has 1 aromatic heterocycles. The number of nitrogens with one attached hydrogen (secondary N) is 1. The molecule has 0 aliphatic heterocycles. The van der Waals surface area contributed by atoms with Crippen LogP contribution in [0.5, 0.6) is 11.5 Å². The van der Waals surface area contributed by atoms with E-state index < -0.39 is 5.97 Å². The maximum atomic E-state index is 10.9. The fourth-order valence-corrected chi connectivity index (χ4v) is 1.97. The second-order valence-electron chi connectivity index (χ2n) is 4.05. The number of anilines is 2. The molecule has 110 valence electrons. The molecule has 1 heterocycles. The van der Waals surface area contributed by atoms with Crippen molar-refractivity contribution in [2.45, 2.75) is 0 Å². The molecule has 2 rings (SSSR count). The van der Waals surface area contributed by atoms with Crippen molar-refractivity contribution in [1.82, 2.24) is 4.98 Å². The first-order valence-electron chi connectivity index (χ1n) is 5.93. The van der Waals surface area contributed by atoms with E-state index >= 15 is 0 Å². The molecule has 0 radical (unpaired) electrons. The highest BCUT2D eigenvalue weighted by Gasteiger charge is 2.11. The van der Waals surface area contributed by atoms with Crippen LogP contribution in [-0.4, -0.2) is 30.3 Å². The molecule has 0 atom stereocenters. The highest BCUT2D eigenvalue weighted by molar-refractivity contribution is 6.32. The Hall–Kier alpha value is -2.47. The SMILES string of the molecule is COc1cc(OC)c(Nc2cc(C(=O)O)ccn2)cc1Cl. The highest BCUT2D eigenvalue weighted by Crippen LogP contribution is 2.37. The van der Waals surface area contributed by atoms with Gasteiger partial charge >= 0.3 is 5.97 Å². The number of benzene rings is 1. The monoisotopic (exact) mass is 308 g/mol. The second kappa shape index (κ2) is 6.32. The summed E-state index contributed by atoms with van der Waals surface area (Å²) in [5, 5.41) is 12.3. The molecule has 0 aliphatic carbocycles. The predicted molar refractivity (Wildman–Crippen MR) is 79.0 cm³/mol. The van der Waals surface area contributed by atoms with Gasteiger partial charge in [-0.25, -0.2) is 9.78 Å². The van der Waals surface area contributed by atoms with Crippen LogP contribution in [0.3, 0.4) is 0 Å². The third-order valence-corrected chi connectivity index (χ3v) is 3.04. The van der Waals surface area contributed by atoms with Gasteiger partial charge in [0.1, 0.15) is 17.3 Å². The van der Waals surface area contributed by atoms with Gasteiger partial charge in [0.2, 0.25) is 0 Å². The second-order valence-corrected chi connectivity index (χ2v) is 4.45. The first-order valence-corrected chi connectivity index (χ1v) is 6.31. The summed E-state index contributed by atoms with van der Waals surface area (Å²) in [7, 11) is 3.01. The maximum Gasteiger partial charge on any atom is 0.335 e. The van der Waals surface area contributed by atoms with Crippen LogP contribution < -0.4 is 14.8 Å². The van der Waals surface area contributed by atoms with E-state index in [1.807, 2.05) is 0 Å². The molecule has 7 heteroatoms. The smallest absolute Gasteiger partial charge is 0.335 e. The van der Waals surface area contributed by atoms with Crippen molar-refractivity contribution >= 4 is 29.1 Å². The van der Waals surface area contributed by atoms with Gasteiger partial charge in [0.15, 0.2) is 0 Å². The van der Waals surface area contributed by atoms with Crippen molar-refractivity contribution in [2.24, 2.45) is 0 Å². The summed E-state index contributed by atoms with van der Waals surface area (Å²) >= 11 is 6.07. The number of rotatable bonds is 5. The largest absolute Gasteiger partial charge is 0.495 e. The van der Waals surface area contributed by atoms with E-state index in [0.29, 0.717) is 28.0 Å². The van der Waals surface area contributed by atoms with Crippen molar-refractivity contribution in [2.75, 3.05) is 19.5 Å². The standard InChI is InChI=1S/C14H13ClN2O4/c1-20-11-7-12(21-2)10(6-9(11)15)17-13-5-8(14(18)19)3-4-16-13/h3-7H,1-2H3,(H,16,17)(H,18,19). The van der Waals surface area contributed by atoms with Gasteiger partial charge in [-0.1, -0.05) is 11.6 Å². The third-order valence-electron chi connectivity index (χ3n) is 2.74. The van der Waals surface area contributed by atoms with Crippen molar-refractivity contribution in [3.63, 3.8) is 0 Å². The van der Waals surface area contributed by atoms with E-state index in [-0.39, 0.29) is 5.56 Å². The van der Waals surface area contributed by atoms with Crippen molar-refractivity contribution in [1.29, 1.82) is 0 Å². The Morgan fingerprint density at radius 2 is 1.95 bits per heavy atom. The molecule has 0 bridgehead atoms. The number of aromatic nitrogens is 1. The number of carboxylic acids is 1. The number of hydrogen-bond acceptors (Lipinski definition) is 5. The summed E-state index contributed by atoms with van der Waals surface area (Å²) < 4.78 is 10.4. The lowest BCUT2D eigenvalue weighted by Gasteiger charge is -2.13. The number of ether oxygens (including phenoxy) is 2. The van der Waals surface area contributed by atoms with Gasteiger partial charge in [-0.05, 0) is 18.2 Å². The van der Waals surface area contributed by atoms with E-state index in [2.05, 4.69) is 10.3 Å². The first kappa shape index (κ1) is 14.9. The van der Waals surface area contributed by atoms with Crippen LogP contribution >= 0.6 is 11.6 Å². The fraction of sp³-hybridized carbons (Fsp3) is 0.143. The zero-order valence-electron chi connectivity index (χ0n) is 11.4. The van der Waals surface area contributed by atoms with Gasteiger partial charge in [-0.3, -0.25) is 0 Å². The Bertz CT molecular complexity index is 676. The number of aromatic carboxylic acids is 1. The van der Waals surface area contributed by atoms with Crippen LogP contribution in [0, 0.1) is 0 Å². The number of methoxy groups -OCH3 is 2. The fourth-order valence-electron chi connectivity index (χ4n) is 1.73. The number of halogens is 1. The van der Waals surface area contributed by atoms with Crippen molar-refractivity contribution in [3.05, 3.63) is 41.0 Å². The minimum Gasteiger partial charge on any atom is -0.495 e. The van der Waals surface area contributed by atoms with E-state index in [0.717, 1.165) is 0 Å². The Kier molecular flexibility index (Phi) is 4.49. The van der Waals surface area contributed by atoms with E-state index in [4.69, 9.17) is 26.2 Å². The van der Waals surface area contributed by atoms with E-state index in [9.17, 15) is 4.79 Å². The van der Waals surface area contributed by atoms with Gasteiger partial charge < -0.3 is 19.9 Å². The summed E-state index contributed by atoms with van der Waals surface area (Å²) in [4.78, 5) is 15.0. The molecule has 2 aromatic rings. The number of pyridine rings is 1. The van der Waals surface area contributed by atoms with Crippen LogP contribution in [0.4, 0.5) is 11.5 Å². The summed E-state index contributed by atoms with van der Waals surface area (Å²) in [5.74, 6) is 0.319. The first-order chi connectivity index (χ1) is 10.0.